The minimum absolute atomic E-state index is 0.664. The standard InChI is InChI=1S/C15H17N3/c1-2-4-13-12(3-1)14(9-16-18-13)17-15(10-5-6-10)11-7-8-11/h1-4,9-11,15H,5-8H2,(H,17,18). The van der Waals surface area contributed by atoms with Crippen molar-refractivity contribution < 1.29 is 0 Å². The van der Waals surface area contributed by atoms with Crippen molar-refractivity contribution in [2.45, 2.75) is 31.7 Å². The van der Waals surface area contributed by atoms with E-state index in [1.165, 1.54) is 31.1 Å². The lowest BCUT2D eigenvalue weighted by molar-refractivity contribution is 0.568. The lowest BCUT2D eigenvalue weighted by Crippen LogP contribution is -2.24. The summed E-state index contributed by atoms with van der Waals surface area (Å²) in [7, 11) is 0. The van der Waals surface area contributed by atoms with E-state index in [-0.39, 0.29) is 0 Å². The Morgan fingerprint density at radius 3 is 2.50 bits per heavy atom. The third kappa shape index (κ3) is 1.84. The monoisotopic (exact) mass is 239 g/mol. The predicted molar refractivity (Wildman–Crippen MR) is 72.4 cm³/mol. The molecule has 92 valence electrons. The molecule has 1 aromatic heterocycles. The molecule has 2 aliphatic carbocycles. The maximum atomic E-state index is 4.18. The summed E-state index contributed by atoms with van der Waals surface area (Å²) in [5.41, 5.74) is 2.14. The quantitative estimate of drug-likeness (QED) is 0.890. The molecule has 2 aliphatic rings. The Balaban J connectivity index is 1.68. The van der Waals surface area contributed by atoms with Gasteiger partial charge < -0.3 is 5.32 Å². The molecule has 0 aliphatic heterocycles. The van der Waals surface area contributed by atoms with Crippen molar-refractivity contribution >= 4 is 16.6 Å². The van der Waals surface area contributed by atoms with Crippen molar-refractivity contribution in [3.05, 3.63) is 30.5 Å². The second kappa shape index (κ2) is 3.94. The summed E-state index contributed by atoms with van der Waals surface area (Å²) in [6.45, 7) is 0. The Morgan fingerprint density at radius 1 is 1.06 bits per heavy atom. The number of nitrogens with zero attached hydrogens (tertiary/aromatic N) is 2. The molecule has 0 atom stereocenters. The van der Waals surface area contributed by atoms with Gasteiger partial charge in [-0.1, -0.05) is 18.2 Å². The van der Waals surface area contributed by atoms with E-state index in [1.54, 1.807) is 0 Å². The zero-order valence-electron chi connectivity index (χ0n) is 10.3. The zero-order chi connectivity index (χ0) is 11.9. The summed E-state index contributed by atoms with van der Waals surface area (Å²) in [5, 5.41) is 13.2. The number of rotatable bonds is 4. The minimum atomic E-state index is 0.664. The fourth-order valence-corrected chi connectivity index (χ4v) is 2.83. The lowest BCUT2D eigenvalue weighted by atomic mass is 10.1. The Labute approximate surface area is 107 Å². The lowest BCUT2D eigenvalue weighted by Gasteiger charge is -2.19. The van der Waals surface area contributed by atoms with Crippen LogP contribution in [0, 0.1) is 11.8 Å². The minimum Gasteiger partial charge on any atom is -0.380 e. The highest BCUT2D eigenvalue weighted by Crippen LogP contribution is 2.46. The van der Waals surface area contributed by atoms with Gasteiger partial charge in [0.1, 0.15) is 0 Å². The maximum Gasteiger partial charge on any atom is 0.0950 e. The summed E-state index contributed by atoms with van der Waals surface area (Å²) >= 11 is 0. The summed E-state index contributed by atoms with van der Waals surface area (Å²) < 4.78 is 0. The van der Waals surface area contributed by atoms with Crippen LogP contribution in [0.25, 0.3) is 10.9 Å². The molecular weight excluding hydrogens is 222 g/mol. The molecule has 18 heavy (non-hydrogen) atoms. The van der Waals surface area contributed by atoms with E-state index in [9.17, 15) is 0 Å². The van der Waals surface area contributed by atoms with Crippen molar-refractivity contribution in [2.75, 3.05) is 5.32 Å². The van der Waals surface area contributed by atoms with Crippen molar-refractivity contribution in [1.29, 1.82) is 0 Å². The first-order valence-corrected chi connectivity index (χ1v) is 6.89. The molecule has 3 heteroatoms. The van der Waals surface area contributed by atoms with Gasteiger partial charge in [-0.05, 0) is 43.6 Å². The Kier molecular flexibility index (Phi) is 2.25. The highest BCUT2D eigenvalue weighted by molar-refractivity contribution is 5.90. The van der Waals surface area contributed by atoms with Crippen LogP contribution in [-0.4, -0.2) is 16.2 Å². The van der Waals surface area contributed by atoms with Crippen molar-refractivity contribution in [3.63, 3.8) is 0 Å². The number of hydrogen-bond acceptors (Lipinski definition) is 3. The van der Waals surface area contributed by atoms with E-state index in [1.807, 2.05) is 18.3 Å². The van der Waals surface area contributed by atoms with Gasteiger partial charge in [-0.3, -0.25) is 0 Å². The van der Waals surface area contributed by atoms with Gasteiger partial charge in [0.05, 0.1) is 17.4 Å². The molecule has 0 spiro atoms. The second-order valence-electron chi connectivity index (χ2n) is 5.62. The molecule has 1 aromatic carbocycles. The van der Waals surface area contributed by atoms with Gasteiger partial charge in [-0.25, -0.2) is 0 Å². The summed E-state index contributed by atoms with van der Waals surface area (Å²) in [5.74, 6) is 1.79. The summed E-state index contributed by atoms with van der Waals surface area (Å²) in [4.78, 5) is 0. The van der Waals surface area contributed by atoms with Gasteiger partial charge in [-0.15, -0.1) is 0 Å². The van der Waals surface area contributed by atoms with E-state index >= 15 is 0 Å². The van der Waals surface area contributed by atoms with Crippen molar-refractivity contribution in [2.24, 2.45) is 11.8 Å². The van der Waals surface area contributed by atoms with Crippen LogP contribution in [0.5, 0.6) is 0 Å². The molecule has 1 N–H and O–H groups in total. The van der Waals surface area contributed by atoms with E-state index in [2.05, 4.69) is 27.6 Å². The number of anilines is 1. The molecule has 4 rings (SSSR count). The van der Waals surface area contributed by atoms with Crippen LogP contribution in [0.4, 0.5) is 5.69 Å². The largest absolute Gasteiger partial charge is 0.380 e. The Hall–Kier alpha value is -1.64. The molecule has 0 amide bonds. The predicted octanol–water partition coefficient (Wildman–Crippen LogP) is 3.23. The van der Waals surface area contributed by atoms with Gasteiger partial charge in [0.2, 0.25) is 0 Å². The molecule has 2 saturated carbocycles. The fraction of sp³-hybridized carbons (Fsp3) is 0.467. The van der Waals surface area contributed by atoms with E-state index in [0.717, 1.165) is 23.0 Å². The molecule has 1 heterocycles. The summed E-state index contributed by atoms with van der Waals surface area (Å²) in [6, 6.07) is 8.90. The Bertz CT molecular complexity index is 555. The van der Waals surface area contributed by atoms with Crippen molar-refractivity contribution in [3.8, 4) is 0 Å². The maximum absolute atomic E-state index is 4.18. The van der Waals surface area contributed by atoms with Crippen LogP contribution in [-0.2, 0) is 0 Å². The number of aromatic nitrogens is 2. The zero-order valence-corrected chi connectivity index (χ0v) is 10.3. The van der Waals surface area contributed by atoms with Crippen LogP contribution in [0.15, 0.2) is 30.5 Å². The third-order valence-electron chi connectivity index (χ3n) is 4.13. The first-order valence-electron chi connectivity index (χ1n) is 6.89. The van der Waals surface area contributed by atoms with Gasteiger partial charge >= 0.3 is 0 Å². The van der Waals surface area contributed by atoms with Crippen LogP contribution in [0.3, 0.4) is 0 Å². The molecule has 0 unspecified atom stereocenters. The molecular formula is C15H17N3. The second-order valence-corrected chi connectivity index (χ2v) is 5.62. The van der Waals surface area contributed by atoms with Crippen LogP contribution in [0.1, 0.15) is 25.7 Å². The molecule has 0 bridgehead atoms. The highest BCUT2D eigenvalue weighted by atomic mass is 15.1. The molecule has 0 saturated heterocycles. The van der Waals surface area contributed by atoms with Crippen LogP contribution in [0.2, 0.25) is 0 Å². The average molecular weight is 239 g/mol. The topological polar surface area (TPSA) is 37.8 Å². The third-order valence-corrected chi connectivity index (χ3v) is 4.13. The molecule has 2 aromatic rings. The molecule has 2 fully saturated rings. The number of fused-ring (bicyclic) bond motifs is 1. The van der Waals surface area contributed by atoms with E-state index < -0.39 is 0 Å². The first kappa shape index (κ1) is 10.3. The van der Waals surface area contributed by atoms with Gasteiger partial charge in [-0.2, -0.15) is 10.2 Å². The summed E-state index contributed by atoms with van der Waals surface area (Å²) in [6.07, 6.45) is 7.45. The van der Waals surface area contributed by atoms with Crippen LogP contribution < -0.4 is 5.32 Å². The molecule has 0 radical (unpaired) electrons. The average Bonchev–Trinajstić information content (AvgIpc) is 3.29. The number of hydrogen-bond donors (Lipinski definition) is 1. The van der Waals surface area contributed by atoms with Crippen molar-refractivity contribution in [1.82, 2.24) is 10.2 Å². The van der Waals surface area contributed by atoms with E-state index in [4.69, 9.17) is 0 Å². The SMILES string of the molecule is c1ccc2c(NC(C3CC3)C3CC3)cnnc2c1. The molecule has 3 nitrogen and oxygen atoms in total. The van der Waals surface area contributed by atoms with E-state index in [0.29, 0.717) is 6.04 Å². The number of benzene rings is 1. The number of nitrogens with one attached hydrogen (secondary N) is 1. The van der Waals surface area contributed by atoms with Gasteiger partial charge in [0, 0.05) is 11.4 Å². The van der Waals surface area contributed by atoms with Crippen LogP contribution >= 0.6 is 0 Å². The highest BCUT2D eigenvalue weighted by Gasteiger charge is 2.41. The normalized spacial score (nSPS) is 19.4. The Morgan fingerprint density at radius 2 is 1.78 bits per heavy atom. The first-order chi connectivity index (χ1) is 8.92. The van der Waals surface area contributed by atoms with Gasteiger partial charge in [0.15, 0.2) is 0 Å². The smallest absolute Gasteiger partial charge is 0.0950 e. The van der Waals surface area contributed by atoms with Gasteiger partial charge in [0.25, 0.3) is 0 Å². The fourth-order valence-electron chi connectivity index (χ4n) is 2.83.